The molecular formula is C119H134Cl5FNO11Y5-5. The van der Waals surface area contributed by atoms with Gasteiger partial charge in [-0.25, -0.2) is 4.39 Å². The van der Waals surface area contributed by atoms with Crippen molar-refractivity contribution in [3.05, 3.63) is 372 Å². The molecule has 0 amide bonds. The molecule has 5 aliphatic rings. The van der Waals surface area contributed by atoms with Gasteiger partial charge < -0.3 is 44.1 Å². The summed E-state index contributed by atoms with van der Waals surface area (Å²) in [6.07, 6.45) is 19.7. The number of benzene rings is 11. The van der Waals surface area contributed by atoms with Crippen LogP contribution in [0.5, 0.6) is 0 Å². The van der Waals surface area contributed by atoms with E-state index in [2.05, 4.69) is 175 Å². The molecule has 5 fully saturated rings. The standard InChI is InChI=1S/C27H27O2.C25H24Cl2FO.C23H27Cl2O.C23H27ClNO4.C21H29O3.5Y/c1-19-12-14-20(15-13-19)6-4-11-24-25(27(29)18-26(24)28)17-16-22-9-5-8-21-7-2-3-10-23(21)22;1-2-15-7-8-17(13-23(15)28)25-20(22(27)14-24(25)29)11-9-16-10-12-21(26)19-6-4-3-5-18(16)19;1-15-5-3-7-18(16(15)2)10-12-20-21(23(26)14-22(20)25)11-9-17-6-4-8-19(24)13-17;24-21-15-23(27)20(11-9-18-6-1-2-7-22(18)25(28)29)19(21)10-8-16-4-3-5-17(14-16)12-13-26;1-5-24-12-6-7-18-19(21(23)16(4)20(18)22)11-10-17-9-8-14(2)15(3)13-17;;;;;/h2-3,5,7-10,12,14-15,24-25H,4,6,11,16-18H2,1H3;3-8,10,12-13,20,22,24-25,29H,1-2,9,11,14H2;3-7,13,20-23,26H,9-12,14H2,1-2H3;1,3-7,14,19-21,23,26-27H,8-13,15H2;6,8-9,12-13,16,18-20,22H,1,5,7,10-11H2,2-4H3;;;;;/q5*-1;;;;;/b;;;;12-6-;;;;;/t24-,25-;20-,22?,24?,25+;20-,21-,22?,23?;19-,20-,21?,23?;16?,18-,19-,20?;;;;;/m10111...../s1. The predicted octanol–water partition coefficient (Wildman–Crippen LogP) is 26.2. The van der Waals surface area contributed by atoms with Crippen molar-refractivity contribution in [3.63, 3.8) is 0 Å². The third-order valence-electron chi connectivity index (χ3n) is 29.9. The molecule has 0 bridgehead atoms. The van der Waals surface area contributed by atoms with Gasteiger partial charge in [-0.1, -0.05) is 201 Å². The molecule has 5 N–H and O–H groups in total. The van der Waals surface area contributed by atoms with E-state index < -0.39 is 18.3 Å². The molecule has 743 valence electrons. The number of fused-ring (bicyclic) bond motifs is 2. The number of aryl methyl sites for hydroxylation is 12. The van der Waals surface area contributed by atoms with Gasteiger partial charge in [-0.05, 0) is 293 Å². The van der Waals surface area contributed by atoms with Gasteiger partial charge >= 0.3 is 0 Å². The fourth-order valence-electron chi connectivity index (χ4n) is 21.8. The van der Waals surface area contributed by atoms with E-state index in [1.807, 2.05) is 86.7 Å². The zero-order valence-corrected chi connectivity index (χ0v) is 101. The third kappa shape index (κ3) is 35.3. The van der Waals surface area contributed by atoms with Crippen LogP contribution in [0.2, 0.25) is 10.0 Å². The van der Waals surface area contributed by atoms with Crippen LogP contribution in [0.1, 0.15) is 192 Å². The quantitative estimate of drug-likeness (QED) is 0.00641. The molecule has 11 aromatic carbocycles. The van der Waals surface area contributed by atoms with Crippen molar-refractivity contribution in [2.75, 3.05) is 13.2 Å². The zero-order valence-electron chi connectivity index (χ0n) is 82.8. The van der Waals surface area contributed by atoms with E-state index in [4.69, 9.17) is 67.8 Å². The number of nitrogens with zero attached hydrogens (tertiary/aromatic N) is 1. The Kier molecular flexibility index (Phi) is 55.8. The number of aliphatic hydroxyl groups is 5. The van der Waals surface area contributed by atoms with Gasteiger partial charge in [0.1, 0.15) is 23.2 Å². The summed E-state index contributed by atoms with van der Waals surface area (Å²) in [6, 6.07) is 79.2. The summed E-state index contributed by atoms with van der Waals surface area (Å²) in [7, 11) is 0. The Morgan fingerprint density at radius 2 is 1.04 bits per heavy atom. The van der Waals surface area contributed by atoms with Gasteiger partial charge in [0.2, 0.25) is 0 Å². The van der Waals surface area contributed by atoms with Gasteiger partial charge in [-0.15, -0.1) is 58.5 Å². The van der Waals surface area contributed by atoms with Crippen molar-refractivity contribution < 1.29 is 218 Å². The molecule has 0 spiro atoms. The van der Waals surface area contributed by atoms with Crippen LogP contribution in [0, 0.1) is 142 Å². The fourth-order valence-corrected chi connectivity index (χ4v) is 23.7. The maximum atomic E-state index is 14.4. The van der Waals surface area contributed by atoms with Crippen LogP contribution in [-0.4, -0.2) is 102 Å². The summed E-state index contributed by atoms with van der Waals surface area (Å²) < 4.78 is 19.5. The number of halogens is 6. The van der Waals surface area contributed by atoms with Crippen molar-refractivity contribution >= 4 is 103 Å². The van der Waals surface area contributed by atoms with E-state index >= 15 is 0 Å². The first-order valence-electron chi connectivity index (χ1n) is 49.1. The molecule has 8 unspecified atom stereocenters. The fraction of sp³-hybridized carbons (Fsp3) is 0.420. The van der Waals surface area contributed by atoms with Crippen molar-refractivity contribution in [1.82, 2.24) is 0 Å². The Labute approximate surface area is 993 Å². The Balaban J connectivity index is 0.000000239. The van der Waals surface area contributed by atoms with Gasteiger partial charge in [-0.2, -0.15) is 83.8 Å². The minimum atomic E-state index is -0.563. The number of nitro benzene ring substituents is 1. The number of rotatable bonds is 34. The van der Waals surface area contributed by atoms with E-state index in [9.17, 15) is 49.3 Å². The Morgan fingerprint density at radius 1 is 0.486 bits per heavy atom. The van der Waals surface area contributed by atoms with Crippen LogP contribution < -0.4 is 0 Å². The average Bonchev–Trinajstić information content (AvgIpc) is 1.67. The molecule has 18 atom stereocenters. The normalized spacial score (nSPS) is 23.0. The van der Waals surface area contributed by atoms with E-state index in [0.29, 0.717) is 80.0 Å². The van der Waals surface area contributed by atoms with E-state index in [-0.39, 0.29) is 292 Å². The molecule has 5 radical (unpaired) electrons. The third-order valence-corrected chi connectivity index (χ3v) is 31.9. The second-order valence-corrected chi connectivity index (χ2v) is 41.0. The van der Waals surface area contributed by atoms with Crippen LogP contribution in [0.4, 0.5) is 10.1 Å². The number of aliphatic hydroxyl groups excluding tert-OH is 5. The largest absolute Gasteiger partial charge is 0.533 e. The Morgan fingerprint density at radius 3 is 1.70 bits per heavy atom. The number of allylic oxidation sites excluding steroid dienone is 1. The zero-order chi connectivity index (χ0) is 97.9. The maximum Gasteiger partial charge on any atom is 0.166 e. The second kappa shape index (κ2) is 63.2. The van der Waals surface area contributed by atoms with Crippen LogP contribution in [-0.2, 0) is 247 Å². The Hall–Kier alpha value is -3.41. The predicted molar refractivity (Wildman–Crippen MR) is 556 cm³/mol. The summed E-state index contributed by atoms with van der Waals surface area (Å²) in [5.41, 5.74) is 18.5. The van der Waals surface area contributed by atoms with Gasteiger partial charge in [0, 0.05) is 231 Å². The smallest absolute Gasteiger partial charge is 0.166 e. The summed E-state index contributed by atoms with van der Waals surface area (Å²) in [5, 5.41) is 68.4. The number of ketones is 3. The Bertz CT molecular complexity index is 5850. The number of alkyl halides is 3. The van der Waals surface area contributed by atoms with Crippen LogP contribution in [0.25, 0.3) is 21.5 Å². The summed E-state index contributed by atoms with van der Waals surface area (Å²) in [5.74, 6) is 0.345. The van der Waals surface area contributed by atoms with E-state index in [1.54, 1.807) is 30.5 Å². The molecule has 0 aliphatic heterocycles. The first kappa shape index (κ1) is 125. The molecule has 142 heavy (non-hydrogen) atoms. The number of Topliss-reactive ketones (excluding diaryl/α,β-unsaturated/α-hetero) is 3. The minimum absolute atomic E-state index is 0. The molecule has 0 heterocycles. The number of nitro groups is 1. The average molecular weight is 2400 g/mol. The van der Waals surface area contributed by atoms with Crippen molar-refractivity contribution in [1.29, 1.82) is 0 Å². The monoisotopic (exact) mass is 2390 g/mol. The van der Waals surface area contributed by atoms with Gasteiger partial charge in [0.15, 0.2) is 5.69 Å². The topological polar surface area (TPSA) is 205 Å². The number of carbonyl (C=O) groups excluding carboxylic acids is 3. The molecule has 5 saturated carbocycles. The molecule has 11 aromatic rings. The summed E-state index contributed by atoms with van der Waals surface area (Å²) >= 11 is 32.2. The molecular weight excluding hydrogens is 2260 g/mol. The molecule has 12 nitrogen and oxygen atoms in total. The molecule has 0 saturated heterocycles. The molecule has 0 aromatic heterocycles. The van der Waals surface area contributed by atoms with Crippen molar-refractivity contribution in [2.24, 2.45) is 59.2 Å². The number of hydrogen-bond donors (Lipinski definition) is 5. The number of ether oxygens (including phenoxy) is 1. The number of carbonyl (C=O) groups is 3. The molecule has 16 rings (SSSR count). The summed E-state index contributed by atoms with van der Waals surface area (Å²) in [4.78, 5) is 48.4. The van der Waals surface area contributed by atoms with Gasteiger partial charge in [0.25, 0.3) is 0 Å². The first-order chi connectivity index (χ1) is 66.0. The van der Waals surface area contributed by atoms with Crippen molar-refractivity contribution in [3.8, 4) is 0 Å². The number of hydrogen-bond acceptors (Lipinski definition) is 11. The molecule has 5 aliphatic carbocycles. The van der Waals surface area contributed by atoms with Crippen LogP contribution >= 0.6 is 58.0 Å². The van der Waals surface area contributed by atoms with Crippen LogP contribution in [0.3, 0.4) is 0 Å². The second-order valence-electron chi connectivity index (χ2n) is 38.5. The van der Waals surface area contributed by atoms with Gasteiger partial charge in [0.05, 0.1) is 37.1 Å². The van der Waals surface area contributed by atoms with Crippen molar-refractivity contribution in [2.45, 2.75) is 242 Å². The van der Waals surface area contributed by atoms with Gasteiger partial charge in [-0.3, -0.25) is 24.5 Å². The van der Waals surface area contributed by atoms with E-state index in [1.165, 1.54) is 78.0 Å². The first-order valence-corrected chi connectivity index (χ1v) is 51.1. The van der Waals surface area contributed by atoms with E-state index in [0.717, 1.165) is 129 Å². The summed E-state index contributed by atoms with van der Waals surface area (Å²) in [6.45, 7) is 20.3. The SMILES string of the molecule is Cc1[c-]cc(CCC[C@H]2C(=O)CC(=O)[C@@H]2CCc2cccc3ccccc23)cc1.Cc1cccc(CC[C@H]2C(Cl)CC(O)[C@@H]2CCc2cc[c-]c(Cl)c2)c1C.O=[N+]([O-])c1c[c-]ccc1CC[C@H]1C(O)CC(Cl)[C@@H]1CCc1cccc(CCO)c1.[CH2-]CO/C=C\C[C@H]1C(O)C(C)C(=O)[C@@H]1CCc1ccc(C)c(C)c1.[CH2-]Cc1ccc([C@H]2C(O)CC(Cl)[C@@H]2CCc2ccc(Cl)c3ccccc23)cc1F.[Y].[Y].[Y].[Y].[Y]. The molecule has 23 heteroatoms. The van der Waals surface area contributed by atoms with Crippen LogP contribution in [0.15, 0.2) is 225 Å². The minimum Gasteiger partial charge on any atom is -0.533 e. The maximum absolute atomic E-state index is 14.4.